The van der Waals surface area contributed by atoms with Crippen molar-refractivity contribution in [3.8, 4) is 0 Å². The summed E-state index contributed by atoms with van der Waals surface area (Å²) in [6, 6.07) is 14.6. The van der Waals surface area contributed by atoms with Crippen LogP contribution in [0.15, 0.2) is 53.4 Å². The maximum absolute atomic E-state index is 13.2. The molecule has 0 N–H and O–H groups in total. The van der Waals surface area contributed by atoms with E-state index in [4.69, 9.17) is 4.74 Å². The molecule has 0 aliphatic carbocycles. The Balaban J connectivity index is 2.15. The summed E-state index contributed by atoms with van der Waals surface area (Å²) in [7, 11) is -2.10. The number of para-hydroxylation sites is 1. The average Bonchev–Trinajstić information content (AvgIpc) is 2.74. The van der Waals surface area contributed by atoms with Crippen molar-refractivity contribution in [1.82, 2.24) is 0 Å². The molecule has 4 nitrogen and oxygen atoms in total. The molecule has 1 unspecified atom stereocenters. The minimum atomic E-state index is -3.67. The number of fused-ring (bicyclic) bond motifs is 1. The van der Waals surface area contributed by atoms with E-state index in [0.717, 1.165) is 29.7 Å². The molecule has 1 heterocycles. The molecule has 1 atom stereocenters. The maximum Gasteiger partial charge on any atom is 0.266 e. The third-order valence-corrected chi connectivity index (χ3v) is 6.06. The van der Waals surface area contributed by atoms with Crippen LogP contribution in [0.2, 0.25) is 0 Å². The number of anilines is 1. The fourth-order valence-electron chi connectivity index (χ4n) is 3.00. The van der Waals surface area contributed by atoms with E-state index in [0.29, 0.717) is 11.3 Å². The van der Waals surface area contributed by atoms with Crippen LogP contribution in [0, 0.1) is 6.92 Å². The summed E-state index contributed by atoms with van der Waals surface area (Å²) >= 11 is 0. The van der Waals surface area contributed by atoms with Gasteiger partial charge in [-0.3, -0.25) is 0 Å². The topological polar surface area (TPSA) is 46.6 Å². The molecule has 1 aliphatic heterocycles. The Morgan fingerprint density at radius 3 is 2.48 bits per heavy atom. The summed E-state index contributed by atoms with van der Waals surface area (Å²) < 4.78 is 33.4. The Morgan fingerprint density at radius 2 is 1.78 bits per heavy atom. The number of aryl methyl sites for hydroxylation is 2. The second kappa shape index (κ2) is 6.34. The van der Waals surface area contributed by atoms with Gasteiger partial charge in [0.2, 0.25) is 0 Å². The molecular formula is C18H21NO3S. The standard InChI is InChI=1S/C18H21NO3S/c1-14-10-12-16(13-11-14)23(20,21)19-17-8-4-3-6-15(17)7-5-9-18(19)22-2/h3-4,6,8,10-13,18H,5,7,9H2,1-2H3. The van der Waals surface area contributed by atoms with Gasteiger partial charge in [0.1, 0.15) is 6.23 Å². The van der Waals surface area contributed by atoms with Crippen LogP contribution in [0.3, 0.4) is 0 Å². The molecule has 0 fully saturated rings. The summed E-state index contributed by atoms with van der Waals surface area (Å²) in [6.45, 7) is 1.94. The zero-order chi connectivity index (χ0) is 16.4. The normalized spacial score (nSPS) is 18.3. The lowest BCUT2D eigenvalue weighted by atomic mass is 10.1. The number of ether oxygens (including phenoxy) is 1. The van der Waals surface area contributed by atoms with Crippen molar-refractivity contribution in [1.29, 1.82) is 0 Å². The van der Waals surface area contributed by atoms with Crippen LogP contribution in [0.25, 0.3) is 0 Å². The summed E-state index contributed by atoms with van der Waals surface area (Å²) in [5.41, 5.74) is 2.80. The lowest BCUT2D eigenvalue weighted by molar-refractivity contribution is 0.105. The molecule has 0 bridgehead atoms. The van der Waals surface area contributed by atoms with Gasteiger partial charge >= 0.3 is 0 Å². The second-order valence-corrected chi connectivity index (χ2v) is 7.64. The van der Waals surface area contributed by atoms with Gasteiger partial charge in [-0.15, -0.1) is 0 Å². The third-order valence-electron chi connectivity index (χ3n) is 4.24. The molecule has 0 saturated heterocycles. The van der Waals surface area contributed by atoms with Crippen molar-refractivity contribution in [3.05, 3.63) is 59.7 Å². The van der Waals surface area contributed by atoms with Gasteiger partial charge in [0, 0.05) is 7.11 Å². The van der Waals surface area contributed by atoms with Crippen molar-refractivity contribution >= 4 is 15.7 Å². The zero-order valence-electron chi connectivity index (χ0n) is 13.4. The molecule has 5 heteroatoms. The fourth-order valence-corrected chi connectivity index (χ4v) is 4.64. The molecule has 0 spiro atoms. The van der Waals surface area contributed by atoms with Crippen LogP contribution in [0.5, 0.6) is 0 Å². The van der Waals surface area contributed by atoms with Crippen molar-refractivity contribution in [2.24, 2.45) is 0 Å². The van der Waals surface area contributed by atoms with E-state index in [1.807, 2.05) is 43.3 Å². The Bertz CT molecular complexity index is 784. The van der Waals surface area contributed by atoms with E-state index in [2.05, 4.69) is 0 Å². The van der Waals surface area contributed by atoms with Gasteiger partial charge in [-0.1, -0.05) is 35.9 Å². The highest BCUT2D eigenvalue weighted by Gasteiger charge is 2.34. The largest absolute Gasteiger partial charge is 0.361 e. The van der Waals surface area contributed by atoms with Crippen LogP contribution in [-0.2, 0) is 21.2 Å². The van der Waals surface area contributed by atoms with Crippen LogP contribution in [0.1, 0.15) is 24.0 Å². The Labute approximate surface area is 137 Å². The first-order chi connectivity index (χ1) is 11.0. The predicted molar refractivity (Wildman–Crippen MR) is 91.0 cm³/mol. The summed E-state index contributed by atoms with van der Waals surface area (Å²) in [4.78, 5) is 0.293. The minimum Gasteiger partial charge on any atom is -0.361 e. The molecule has 3 rings (SSSR count). The molecule has 1 aliphatic rings. The van der Waals surface area contributed by atoms with Crippen molar-refractivity contribution in [2.45, 2.75) is 37.3 Å². The van der Waals surface area contributed by atoms with E-state index >= 15 is 0 Å². The molecule has 0 aromatic heterocycles. The molecule has 0 saturated carbocycles. The predicted octanol–water partition coefficient (Wildman–Crippen LogP) is 3.50. The number of methoxy groups -OCH3 is 1. The van der Waals surface area contributed by atoms with Crippen molar-refractivity contribution in [2.75, 3.05) is 11.4 Å². The molecule has 23 heavy (non-hydrogen) atoms. The highest BCUT2D eigenvalue weighted by molar-refractivity contribution is 7.92. The smallest absolute Gasteiger partial charge is 0.266 e. The van der Waals surface area contributed by atoms with E-state index < -0.39 is 16.3 Å². The van der Waals surface area contributed by atoms with Crippen LogP contribution >= 0.6 is 0 Å². The third kappa shape index (κ3) is 2.99. The first-order valence-corrected chi connectivity index (χ1v) is 9.20. The zero-order valence-corrected chi connectivity index (χ0v) is 14.2. The number of hydrogen-bond acceptors (Lipinski definition) is 3. The lowest BCUT2D eigenvalue weighted by Gasteiger charge is -2.31. The first-order valence-electron chi connectivity index (χ1n) is 7.76. The van der Waals surface area contributed by atoms with Crippen LogP contribution in [0.4, 0.5) is 5.69 Å². The van der Waals surface area contributed by atoms with Gasteiger partial charge < -0.3 is 4.74 Å². The Hall–Kier alpha value is -1.85. The summed E-state index contributed by atoms with van der Waals surface area (Å²) in [5, 5.41) is 0. The second-order valence-electron chi connectivity index (χ2n) is 5.83. The summed E-state index contributed by atoms with van der Waals surface area (Å²) in [6.07, 6.45) is 1.95. The number of nitrogens with zero attached hydrogens (tertiary/aromatic N) is 1. The average molecular weight is 331 g/mol. The van der Waals surface area contributed by atoms with E-state index in [1.165, 1.54) is 4.31 Å². The molecular weight excluding hydrogens is 310 g/mol. The van der Waals surface area contributed by atoms with E-state index in [9.17, 15) is 8.42 Å². The Kier molecular flexibility index (Phi) is 4.41. The number of benzene rings is 2. The summed E-state index contributed by atoms with van der Waals surface area (Å²) in [5.74, 6) is 0. The maximum atomic E-state index is 13.2. The van der Waals surface area contributed by atoms with E-state index in [-0.39, 0.29) is 0 Å². The van der Waals surface area contributed by atoms with Crippen LogP contribution in [-0.4, -0.2) is 21.8 Å². The molecule has 122 valence electrons. The van der Waals surface area contributed by atoms with Gasteiger partial charge in [0.25, 0.3) is 10.0 Å². The minimum absolute atomic E-state index is 0.293. The monoisotopic (exact) mass is 331 g/mol. The van der Waals surface area contributed by atoms with Crippen molar-refractivity contribution in [3.63, 3.8) is 0 Å². The Morgan fingerprint density at radius 1 is 1.09 bits per heavy atom. The quantitative estimate of drug-likeness (QED) is 0.865. The first kappa shape index (κ1) is 16.0. The highest BCUT2D eigenvalue weighted by Crippen LogP contribution is 2.34. The lowest BCUT2D eigenvalue weighted by Crippen LogP contribution is -2.41. The number of sulfonamides is 1. The van der Waals surface area contributed by atoms with Gasteiger partial charge in [0.05, 0.1) is 10.6 Å². The van der Waals surface area contributed by atoms with Crippen molar-refractivity contribution < 1.29 is 13.2 Å². The van der Waals surface area contributed by atoms with Gasteiger partial charge in [0.15, 0.2) is 0 Å². The molecule has 0 amide bonds. The number of rotatable bonds is 3. The molecule has 2 aromatic rings. The highest BCUT2D eigenvalue weighted by atomic mass is 32.2. The van der Waals surface area contributed by atoms with Crippen LogP contribution < -0.4 is 4.31 Å². The van der Waals surface area contributed by atoms with E-state index in [1.54, 1.807) is 19.2 Å². The molecule has 0 radical (unpaired) electrons. The fraction of sp³-hybridized carbons (Fsp3) is 0.333. The van der Waals surface area contributed by atoms with Gasteiger partial charge in [-0.05, 0) is 49.9 Å². The van der Waals surface area contributed by atoms with Gasteiger partial charge in [-0.25, -0.2) is 12.7 Å². The van der Waals surface area contributed by atoms with Gasteiger partial charge in [-0.2, -0.15) is 0 Å². The number of hydrogen-bond donors (Lipinski definition) is 0. The SMILES string of the molecule is COC1CCCc2ccccc2N1S(=O)(=O)c1ccc(C)cc1. The molecule has 2 aromatic carbocycles.